The predicted octanol–water partition coefficient (Wildman–Crippen LogP) is 2.95. The van der Waals surface area contributed by atoms with Gasteiger partial charge in [-0.15, -0.1) is 11.3 Å². The largest absolute Gasteiger partial charge is 0.475 e. The molecular formula is C15H12O4S. The maximum atomic E-state index is 12.0. The van der Waals surface area contributed by atoms with Gasteiger partial charge in [0.25, 0.3) is 0 Å². The van der Waals surface area contributed by atoms with E-state index in [1.165, 1.54) is 11.3 Å². The third-order valence-electron chi connectivity index (χ3n) is 2.79. The maximum absolute atomic E-state index is 12.0. The minimum atomic E-state index is -1.57. The number of carbonyl (C=O) groups is 3. The zero-order chi connectivity index (χ0) is 14.7. The molecule has 0 aliphatic heterocycles. The number of aliphatic carboxylic acids is 1. The van der Waals surface area contributed by atoms with E-state index in [9.17, 15) is 14.4 Å². The van der Waals surface area contributed by atoms with Crippen molar-refractivity contribution in [2.24, 2.45) is 0 Å². The van der Waals surface area contributed by atoms with Gasteiger partial charge in [0.1, 0.15) is 0 Å². The highest BCUT2D eigenvalue weighted by atomic mass is 32.1. The number of hydrogen-bond donors (Lipinski definition) is 1. The summed E-state index contributed by atoms with van der Waals surface area (Å²) in [6.07, 6.45) is -0.592. The molecule has 0 aliphatic carbocycles. The topological polar surface area (TPSA) is 71.4 Å². The van der Waals surface area contributed by atoms with Crippen molar-refractivity contribution in [2.75, 3.05) is 0 Å². The molecule has 0 aliphatic rings. The third-order valence-corrected chi connectivity index (χ3v) is 4.12. The molecule has 0 saturated heterocycles. The molecule has 1 heterocycles. The Hall–Kier alpha value is -2.27. The molecule has 0 fully saturated rings. The first-order valence-corrected chi connectivity index (χ1v) is 6.76. The summed E-state index contributed by atoms with van der Waals surface area (Å²) in [5.74, 6) is -3.10. The summed E-state index contributed by atoms with van der Waals surface area (Å²) < 4.78 is 0. The molecule has 0 saturated carbocycles. The summed E-state index contributed by atoms with van der Waals surface area (Å²) >= 11 is 1.28. The number of Topliss-reactive ketones (excluding diaryl/α,β-unsaturated/α-hetero) is 2. The van der Waals surface area contributed by atoms with Crippen molar-refractivity contribution in [1.82, 2.24) is 0 Å². The van der Waals surface area contributed by atoms with Crippen LogP contribution in [0.5, 0.6) is 0 Å². The van der Waals surface area contributed by atoms with Gasteiger partial charge in [-0.3, -0.25) is 9.59 Å². The third kappa shape index (κ3) is 3.00. The monoisotopic (exact) mass is 288 g/mol. The Balaban J connectivity index is 2.26. The minimum Gasteiger partial charge on any atom is -0.475 e. The van der Waals surface area contributed by atoms with Crippen LogP contribution < -0.4 is 0 Å². The SMILES string of the molecule is Cc1cc(-c2ccccc2)sc1C(=O)CC(=O)C(=O)O. The normalized spacial score (nSPS) is 10.2. The van der Waals surface area contributed by atoms with Gasteiger partial charge in [-0.1, -0.05) is 30.3 Å². The van der Waals surface area contributed by atoms with Crippen molar-refractivity contribution in [1.29, 1.82) is 0 Å². The molecule has 0 spiro atoms. The lowest BCUT2D eigenvalue weighted by Crippen LogP contribution is -2.16. The van der Waals surface area contributed by atoms with E-state index in [0.29, 0.717) is 4.88 Å². The van der Waals surface area contributed by atoms with E-state index in [-0.39, 0.29) is 0 Å². The smallest absolute Gasteiger partial charge is 0.372 e. The van der Waals surface area contributed by atoms with E-state index in [2.05, 4.69) is 0 Å². The van der Waals surface area contributed by atoms with Gasteiger partial charge >= 0.3 is 5.97 Å². The second-order valence-electron chi connectivity index (χ2n) is 4.32. The predicted molar refractivity (Wildman–Crippen MR) is 76.1 cm³/mol. The fourth-order valence-corrected chi connectivity index (χ4v) is 2.92. The molecule has 0 unspecified atom stereocenters. The van der Waals surface area contributed by atoms with Crippen LogP contribution >= 0.6 is 11.3 Å². The van der Waals surface area contributed by atoms with Crippen molar-refractivity contribution < 1.29 is 19.5 Å². The molecular weight excluding hydrogens is 276 g/mol. The van der Waals surface area contributed by atoms with Gasteiger partial charge in [-0.2, -0.15) is 0 Å². The van der Waals surface area contributed by atoms with Crippen molar-refractivity contribution >= 4 is 28.9 Å². The summed E-state index contributed by atoms with van der Waals surface area (Å²) in [6, 6.07) is 11.4. The van der Waals surface area contributed by atoms with Crippen LogP contribution in [0, 0.1) is 6.92 Å². The lowest BCUT2D eigenvalue weighted by atomic mass is 10.1. The van der Waals surface area contributed by atoms with Gasteiger partial charge in [0.15, 0.2) is 5.78 Å². The molecule has 1 aromatic carbocycles. The molecule has 2 aromatic rings. The van der Waals surface area contributed by atoms with Gasteiger partial charge in [0.2, 0.25) is 5.78 Å². The Bertz CT molecular complexity index is 670. The molecule has 0 amide bonds. The van der Waals surface area contributed by atoms with Crippen molar-refractivity contribution in [2.45, 2.75) is 13.3 Å². The zero-order valence-electron chi connectivity index (χ0n) is 10.8. The van der Waals surface area contributed by atoms with Crippen molar-refractivity contribution in [3.8, 4) is 10.4 Å². The van der Waals surface area contributed by atoms with Crippen LogP contribution in [-0.4, -0.2) is 22.6 Å². The Morgan fingerprint density at radius 2 is 1.80 bits per heavy atom. The highest BCUT2D eigenvalue weighted by Crippen LogP contribution is 2.31. The highest BCUT2D eigenvalue weighted by molar-refractivity contribution is 7.17. The first kappa shape index (κ1) is 14.1. The molecule has 1 N–H and O–H groups in total. The summed E-state index contributed by atoms with van der Waals surface area (Å²) in [7, 11) is 0. The zero-order valence-corrected chi connectivity index (χ0v) is 11.6. The van der Waals surface area contributed by atoms with E-state index >= 15 is 0 Å². The summed E-state index contributed by atoms with van der Waals surface area (Å²) in [5.41, 5.74) is 1.75. The number of carbonyl (C=O) groups excluding carboxylic acids is 2. The Labute approximate surface area is 119 Å². The lowest BCUT2D eigenvalue weighted by molar-refractivity contribution is -0.148. The number of carboxylic acid groups (broad SMARTS) is 1. The molecule has 0 radical (unpaired) electrons. The second kappa shape index (κ2) is 5.79. The summed E-state index contributed by atoms with van der Waals surface area (Å²) in [5, 5.41) is 8.53. The second-order valence-corrected chi connectivity index (χ2v) is 5.37. The van der Waals surface area contributed by atoms with Gasteiger partial charge in [0.05, 0.1) is 11.3 Å². The minimum absolute atomic E-state index is 0.443. The number of benzene rings is 1. The fraction of sp³-hybridized carbons (Fsp3) is 0.133. The van der Waals surface area contributed by atoms with Crippen molar-refractivity contribution in [3.63, 3.8) is 0 Å². The highest BCUT2D eigenvalue weighted by Gasteiger charge is 2.21. The molecule has 0 bridgehead atoms. The van der Waals surface area contributed by atoms with Gasteiger partial charge in [-0.25, -0.2) is 4.79 Å². The first-order valence-electron chi connectivity index (χ1n) is 5.94. The van der Waals surface area contributed by atoms with Crippen LogP contribution in [-0.2, 0) is 9.59 Å². The quantitative estimate of drug-likeness (QED) is 0.521. The number of carboxylic acids is 1. The fourth-order valence-electron chi connectivity index (χ4n) is 1.81. The van der Waals surface area contributed by atoms with Crippen LogP contribution in [0.15, 0.2) is 36.4 Å². The molecule has 2 rings (SSSR count). The Kier molecular flexibility index (Phi) is 4.10. The lowest BCUT2D eigenvalue weighted by Gasteiger charge is -1.96. The van der Waals surface area contributed by atoms with Crippen molar-refractivity contribution in [3.05, 3.63) is 46.8 Å². The number of rotatable bonds is 5. The number of aryl methyl sites for hydroxylation is 1. The number of hydrogen-bond acceptors (Lipinski definition) is 4. The molecule has 20 heavy (non-hydrogen) atoms. The first-order chi connectivity index (χ1) is 9.49. The average Bonchev–Trinajstić information content (AvgIpc) is 2.81. The van der Waals surface area contributed by atoms with E-state index in [0.717, 1.165) is 16.0 Å². The Morgan fingerprint density at radius 3 is 2.40 bits per heavy atom. The van der Waals surface area contributed by atoms with E-state index in [1.807, 2.05) is 36.4 Å². The van der Waals surface area contributed by atoms with Gasteiger partial charge in [0, 0.05) is 4.88 Å². The van der Waals surface area contributed by atoms with E-state index in [1.54, 1.807) is 6.92 Å². The van der Waals surface area contributed by atoms with Crippen LogP contribution in [0.25, 0.3) is 10.4 Å². The average molecular weight is 288 g/mol. The summed E-state index contributed by atoms with van der Waals surface area (Å²) in [4.78, 5) is 34.9. The number of thiophene rings is 1. The summed E-state index contributed by atoms with van der Waals surface area (Å²) in [6.45, 7) is 1.78. The van der Waals surface area contributed by atoms with Crippen LogP contribution in [0.2, 0.25) is 0 Å². The van der Waals surface area contributed by atoms with Crippen LogP contribution in [0.4, 0.5) is 0 Å². The van der Waals surface area contributed by atoms with E-state index < -0.39 is 24.0 Å². The maximum Gasteiger partial charge on any atom is 0.372 e. The molecule has 102 valence electrons. The van der Waals surface area contributed by atoms with Gasteiger partial charge in [-0.05, 0) is 24.1 Å². The molecule has 4 nitrogen and oxygen atoms in total. The standard InChI is InChI=1S/C15H12O4S/c1-9-7-13(10-5-3-2-4-6-10)20-14(9)11(16)8-12(17)15(18)19/h2-7H,8H2,1H3,(H,18,19). The van der Waals surface area contributed by atoms with Crippen LogP contribution in [0.3, 0.4) is 0 Å². The van der Waals surface area contributed by atoms with E-state index in [4.69, 9.17) is 5.11 Å². The number of ketones is 2. The van der Waals surface area contributed by atoms with Crippen LogP contribution in [0.1, 0.15) is 21.7 Å². The Morgan fingerprint density at radius 1 is 1.15 bits per heavy atom. The molecule has 0 atom stereocenters. The van der Waals surface area contributed by atoms with Gasteiger partial charge < -0.3 is 5.11 Å². The molecule has 1 aromatic heterocycles. The molecule has 5 heteroatoms.